The summed E-state index contributed by atoms with van der Waals surface area (Å²) in [4.78, 5) is 9.85. The predicted octanol–water partition coefficient (Wildman–Crippen LogP) is 2.91. The van der Waals surface area contributed by atoms with Gasteiger partial charge >= 0.3 is 0 Å². The summed E-state index contributed by atoms with van der Waals surface area (Å²) in [5.41, 5.74) is -0.0441. The maximum atomic E-state index is 13.1. The third kappa shape index (κ3) is 2.15. The standard InChI is InChI=1S/C8H3ClFN3O2S/c9-8-12-11-7(16-8)4-1-5(10)3-6(2-4)13(14)15/h1-3H. The highest BCUT2D eigenvalue weighted by Crippen LogP contribution is 2.29. The number of aromatic nitrogens is 2. The number of rotatable bonds is 2. The van der Waals surface area contributed by atoms with Gasteiger partial charge in [0.05, 0.1) is 11.0 Å². The molecule has 0 aliphatic carbocycles. The Morgan fingerprint density at radius 3 is 2.69 bits per heavy atom. The monoisotopic (exact) mass is 259 g/mol. The molecular formula is C8H3ClFN3O2S. The van der Waals surface area contributed by atoms with Crippen LogP contribution in [0.15, 0.2) is 18.2 Å². The molecule has 1 aromatic heterocycles. The minimum atomic E-state index is -0.699. The fourth-order valence-corrected chi connectivity index (χ4v) is 1.94. The number of non-ortho nitro benzene ring substituents is 1. The van der Waals surface area contributed by atoms with Crippen LogP contribution < -0.4 is 0 Å². The minimum absolute atomic E-state index is 0.196. The van der Waals surface area contributed by atoms with E-state index in [0.717, 1.165) is 23.5 Å². The summed E-state index contributed by atoms with van der Waals surface area (Å²) < 4.78 is 13.3. The molecule has 0 saturated heterocycles. The Hall–Kier alpha value is -1.60. The van der Waals surface area contributed by atoms with Crippen LogP contribution >= 0.6 is 22.9 Å². The van der Waals surface area contributed by atoms with E-state index in [2.05, 4.69) is 10.2 Å². The fourth-order valence-electron chi connectivity index (χ4n) is 1.13. The number of nitro groups is 1. The Morgan fingerprint density at radius 2 is 2.12 bits per heavy atom. The van der Waals surface area contributed by atoms with Gasteiger partial charge in [-0.1, -0.05) is 11.3 Å². The Bertz CT molecular complexity index is 560. The molecule has 0 fully saturated rings. The molecule has 1 heterocycles. The fraction of sp³-hybridized carbons (Fsp3) is 0. The van der Waals surface area contributed by atoms with Crippen molar-refractivity contribution in [1.82, 2.24) is 10.2 Å². The lowest BCUT2D eigenvalue weighted by atomic mass is 10.2. The molecule has 2 rings (SSSR count). The molecule has 0 aliphatic rings. The molecule has 0 unspecified atom stereocenters. The maximum absolute atomic E-state index is 13.1. The molecule has 0 atom stereocenters. The molecule has 8 heteroatoms. The summed E-state index contributed by atoms with van der Waals surface area (Å²) in [6.07, 6.45) is 0. The van der Waals surface area contributed by atoms with Crippen molar-refractivity contribution in [2.75, 3.05) is 0 Å². The summed E-state index contributed by atoms with van der Waals surface area (Å²) >= 11 is 6.59. The van der Waals surface area contributed by atoms with E-state index in [4.69, 9.17) is 11.6 Å². The Labute approximate surface area is 97.7 Å². The highest BCUT2D eigenvalue weighted by molar-refractivity contribution is 7.18. The third-order valence-electron chi connectivity index (χ3n) is 1.74. The molecule has 0 saturated carbocycles. The molecule has 5 nitrogen and oxygen atoms in total. The summed E-state index contributed by atoms with van der Waals surface area (Å²) in [5, 5.41) is 18.1. The zero-order valence-corrected chi connectivity index (χ0v) is 9.13. The second-order valence-corrected chi connectivity index (χ2v) is 4.38. The lowest BCUT2D eigenvalue weighted by molar-refractivity contribution is -0.385. The first kappa shape index (κ1) is 10.9. The quantitative estimate of drug-likeness (QED) is 0.614. The molecule has 0 spiro atoms. The third-order valence-corrected chi connectivity index (χ3v) is 2.81. The maximum Gasteiger partial charge on any atom is 0.273 e. The van der Waals surface area contributed by atoms with Crippen molar-refractivity contribution in [2.24, 2.45) is 0 Å². The van der Waals surface area contributed by atoms with Crippen LogP contribution in [0, 0.1) is 15.9 Å². The summed E-state index contributed by atoms with van der Waals surface area (Å²) in [7, 11) is 0. The Balaban J connectivity index is 2.53. The van der Waals surface area contributed by atoms with Crippen molar-refractivity contribution in [3.63, 3.8) is 0 Å². The first-order valence-corrected chi connectivity index (χ1v) is 5.20. The van der Waals surface area contributed by atoms with Crippen molar-refractivity contribution in [3.05, 3.63) is 38.6 Å². The molecule has 0 aliphatic heterocycles. The van der Waals surface area contributed by atoms with Gasteiger partial charge in [-0.2, -0.15) is 0 Å². The van der Waals surface area contributed by atoms with Gasteiger partial charge in [-0.25, -0.2) is 4.39 Å². The van der Waals surface area contributed by atoms with Gasteiger partial charge in [0, 0.05) is 11.6 Å². The number of hydrogen-bond acceptors (Lipinski definition) is 5. The first-order valence-electron chi connectivity index (χ1n) is 4.00. The lowest BCUT2D eigenvalue weighted by Gasteiger charge is -1.96. The van der Waals surface area contributed by atoms with Crippen LogP contribution in [0.3, 0.4) is 0 Å². The number of benzene rings is 1. The lowest BCUT2D eigenvalue weighted by Crippen LogP contribution is -1.90. The largest absolute Gasteiger partial charge is 0.273 e. The van der Waals surface area contributed by atoms with Crippen LogP contribution in [0.25, 0.3) is 10.6 Å². The van der Waals surface area contributed by atoms with Crippen LogP contribution in [-0.2, 0) is 0 Å². The van der Waals surface area contributed by atoms with Crippen molar-refractivity contribution < 1.29 is 9.31 Å². The molecule has 2 aromatic rings. The van der Waals surface area contributed by atoms with Gasteiger partial charge in [0.15, 0.2) is 0 Å². The van der Waals surface area contributed by atoms with Gasteiger partial charge in [-0.05, 0) is 17.7 Å². The van der Waals surface area contributed by atoms with Crippen LogP contribution in [0.4, 0.5) is 10.1 Å². The number of nitro benzene ring substituents is 1. The SMILES string of the molecule is O=[N+]([O-])c1cc(F)cc(-c2nnc(Cl)s2)c1. The van der Waals surface area contributed by atoms with Crippen LogP contribution in [-0.4, -0.2) is 15.1 Å². The zero-order chi connectivity index (χ0) is 11.7. The normalized spacial score (nSPS) is 10.4. The number of halogens is 2. The molecular weight excluding hydrogens is 257 g/mol. The van der Waals surface area contributed by atoms with Crippen molar-refractivity contribution >= 4 is 28.6 Å². The van der Waals surface area contributed by atoms with Gasteiger partial charge in [-0.3, -0.25) is 10.1 Å². The van der Waals surface area contributed by atoms with E-state index >= 15 is 0 Å². The van der Waals surface area contributed by atoms with E-state index < -0.39 is 10.7 Å². The predicted molar refractivity (Wildman–Crippen MR) is 57.0 cm³/mol. The average molecular weight is 260 g/mol. The van der Waals surface area contributed by atoms with E-state index in [1.165, 1.54) is 6.07 Å². The molecule has 0 bridgehead atoms. The van der Waals surface area contributed by atoms with E-state index in [-0.39, 0.29) is 15.7 Å². The Morgan fingerprint density at radius 1 is 1.38 bits per heavy atom. The van der Waals surface area contributed by atoms with E-state index in [9.17, 15) is 14.5 Å². The summed E-state index contributed by atoms with van der Waals surface area (Å²) in [6, 6.07) is 3.20. The van der Waals surface area contributed by atoms with Crippen LogP contribution in [0.5, 0.6) is 0 Å². The Kier molecular flexibility index (Phi) is 2.80. The van der Waals surface area contributed by atoms with E-state index in [1.807, 2.05) is 0 Å². The van der Waals surface area contributed by atoms with E-state index in [1.54, 1.807) is 0 Å². The van der Waals surface area contributed by atoms with Crippen molar-refractivity contribution in [1.29, 1.82) is 0 Å². The van der Waals surface area contributed by atoms with Gasteiger partial charge in [-0.15, -0.1) is 10.2 Å². The molecule has 16 heavy (non-hydrogen) atoms. The van der Waals surface area contributed by atoms with Gasteiger partial charge in [0.25, 0.3) is 5.69 Å². The average Bonchev–Trinajstić information content (AvgIpc) is 2.64. The smallest absolute Gasteiger partial charge is 0.258 e. The molecule has 1 aromatic carbocycles. The minimum Gasteiger partial charge on any atom is -0.258 e. The molecule has 0 radical (unpaired) electrons. The van der Waals surface area contributed by atoms with Gasteiger partial charge in [0.1, 0.15) is 10.8 Å². The summed E-state index contributed by atoms with van der Waals surface area (Å²) in [6.45, 7) is 0. The van der Waals surface area contributed by atoms with E-state index in [0.29, 0.717) is 5.01 Å². The topological polar surface area (TPSA) is 68.9 Å². The van der Waals surface area contributed by atoms with Crippen molar-refractivity contribution in [3.8, 4) is 10.6 Å². The molecule has 0 amide bonds. The highest BCUT2D eigenvalue weighted by atomic mass is 35.5. The zero-order valence-electron chi connectivity index (χ0n) is 7.55. The molecule has 0 N–H and O–H groups in total. The van der Waals surface area contributed by atoms with Crippen LogP contribution in [0.1, 0.15) is 0 Å². The number of nitrogens with zero attached hydrogens (tertiary/aromatic N) is 3. The van der Waals surface area contributed by atoms with Gasteiger partial charge in [0.2, 0.25) is 4.47 Å². The first-order chi connectivity index (χ1) is 7.56. The number of hydrogen-bond donors (Lipinski definition) is 0. The van der Waals surface area contributed by atoms with Crippen LogP contribution in [0.2, 0.25) is 4.47 Å². The summed E-state index contributed by atoms with van der Waals surface area (Å²) in [5.74, 6) is -0.699. The molecule has 82 valence electrons. The second-order valence-electron chi connectivity index (χ2n) is 2.82. The second kappa shape index (κ2) is 4.11. The highest BCUT2D eigenvalue weighted by Gasteiger charge is 2.13. The van der Waals surface area contributed by atoms with Crippen molar-refractivity contribution in [2.45, 2.75) is 0 Å². The van der Waals surface area contributed by atoms with Gasteiger partial charge < -0.3 is 0 Å².